The van der Waals surface area contributed by atoms with Crippen LogP contribution in [-0.2, 0) is 9.53 Å². The van der Waals surface area contributed by atoms with Gasteiger partial charge in [0.15, 0.2) is 5.57 Å². The van der Waals surface area contributed by atoms with Crippen LogP contribution < -0.4 is 10.1 Å². The molecular weight excluding hydrogens is 244 g/mol. The Kier molecular flexibility index (Phi) is 5.70. The van der Waals surface area contributed by atoms with Crippen molar-refractivity contribution >= 4 is 11.7 Å². The van der Waals surface area contributed by atoms with Gasteiger partial charge in [-0.2, -0.15) is 5.26 Å². The number of hydrogen-bond acceptors (Lipinski definition) is 5. The molecule has 0 unspecified atom stereocenters. The number of anilines is 1. The first-order chi connectivity index (χ1) is 9.21. The highest BCUT2D eigenvalue weighted by atomic mass is 16.5. The van der Waals surface area contributed by atoms with Crippen LogP contribution in [0.15, 0.2) is 48.7 Å². The van der Waals surface area contributed by atoms with E-state index in [1.807, 2.05) is 0 Å². The third-order valence-electron chi connectivity index (χ3n) is 2.11. The minimum absolute atomic E-state index is 0.111. The maximum Gasteiger partial charge on any atom is 0.350 e. The molecule has 0 aliphatic heterocycles. The summed E-state index contributed by atoms with van der Waals surface area (Å²) in [5, 5.41) is 11.6. The molecule has 0 atom stereocenters. The van der Waals surface area contributed by atoms with Gasteiger partial charge in [0.2, 0.25) is 0 Å². The second kappa shape index (κ2) is 7.56. The number of ether oxygens (including phenoxy) is 2. The van der Waals surface area contributed by atoms with Crippen LogP contribution in [-0.4, -0.2) is 19.7 Å². The molecule has 0 radical (unpaired) electrons. The molecule has 0 fully saturated rings. The van der Waals surface area contributed by atoms with Gasteiger partial charge in [-0.1, -0.05) is 18.7 Å². The zero-order chi connectivity index (χ0) is 14.1. The van der Waals surface area contributed by atoms with Crippen molar-refractivity contribution in [2.24, 2.45) is 0 Å². The Labute approximate surface area is 111 Å². The topological polar surface area (TPSA) is 71.3 Å². The summed E-state index contributed by atoms with van der Waals surface area (Å²) in [4.78, 5) is 11.2. The van der Waals surface area contributed by atoms with Crippen molar-refractivity contribution in [1.82, 2.24) is 0 Å². The largest absolute Gasteiger partial charge is 0.489 e. The maximum absolute atomic E-state index is 11.2. The lowest BCUT2D eigenvalue weighted by atomic mass is 10.3. The number of carbonyl (C=O) groups is 1. The highest BCUT2D eigenvalue weighted by Crippen LogP contribution is 2.17. The number of carbonyl (C=O) groups excluding carboxylic acids is 1. The quantitative estimate of drug-likeness (QED) is 0.367. The standard InChI is InChI=1S/C14H14N2O3/c1-3-7-19-13-6-4-5-12(8-13)16-10-11(9-15)14(17)18-2/h3-6,8,10,16H,1,7H2,2H3/b11-10-. The number of nitrogens with one attached hydrogen (secondary N) is 1. The molecule has 1 rings (SSSR count). The molecule has 0 amide bonds. The number of nitrogens with zero attached hydrogens (tertiary/aromatic N) is 1. The molecular formula is C14H14N2O3. The van der Waals surface area contributed by atoms with Gasteiger partial charge in [0.05, 0.1) is 7.11 Å². The van der Waals surface area contributed by atoms with E-state index in [2.05, 4.69) is 16.6 Å². The Morgan fingerprint density at radius 3 is 3.00 bits per heavy atom. The van der Waals surface area contributed by atoms with Crippen molar-refractivity contribution < 1.29 is 14.3 Å². The Hall–Kier alpha value is -2.74. The summed E-state index contributed by atoms with van der Waals surface area (Å²) in [5.74, 6) is -0.0241. The van der Waals surface area contributed by atoms with Crippen LogP contribution in [0.1, 0.15) is 0 Å². The summed E-state index contributed by atoms with van der Waals surface area (Å²) in [5.41, 5.74) is 0.582. The van der Waals surface area contributed by atoms with Gasteiger partial charge in [0.1, 0.15) is 18.4 Å². The van der Waals surface area contributed by atoms with E-state index in [-0.39, 0.29) is 5.57 Å². The van der Waals surface area contributed by atoms with Crippen LogP contribution in [0.3, 0.4) is 0 Å². The smallest absolute Gasteiger partial charge is 0.350 e. The lowest BCUT2D eigenvalue weighted by molar-refractivity contribution is -0.135. The molecule has 5 heteroatoms. The third-order valence-corrected chi connectivity index (χ3v) is 2.11. The summed E-state index contributed by atoms with van der Waals surface area (Å²) in [7, 11) is 1.22. The highest BCUT2D eigenvalue weighted by molar-refractivity contribution is 5.93. The summed E-state index contributed by atoms with van der Waals surface area (Å²) >= 11 is 0. The van der Waals surface area contributed by atoms with E-state index >= 15 is 0 Å². The summed E-state index contributed by atoms with van der Waals surface area (Å²) in [6.45, 7) is 3.97. The predicted octanol–water partition coefficient (Wildman–Crippen LogP) is 2.24. The fraction of sp³-hybridized carbons (Fsp3) is 0.143. The Bertz CT molecular complexity index is 530. The van der Waals surface area contributed by atoms with Crippen LogP contribution in [0.4, 0.5) is 5.69 Å². The minimum atomic E-state index is -0.686. The minimum Gasteiger partial charge on any atom is -0.489 e. The fourth-order valence-corrected chi connectivity index (χ4v) is 1.23. The van der Waals surface area contributed by atoms with E-state index in [1.165, 1.54) is 13.3 Å². The molecule has 1 aromatic rings. The Balaban J connectivity index is 2.77. The second-order valence-electron chi connectivity index (χ2n) is 3.43. The van der Waals surface area contributed by atoms with Gasteiger partial charge >= 0.3 is 5.97 Å². The van der Waals surface area contributed by atoms with Crippen molar-refractivity contribution in [3.8, 4) is 11.8 Å². The number of rotatable bonds is 6. The van der Waals surface area contributed by atoms with Gasteiger partial charge < -0.3 is 14.8 Å². The first-order valence-electron chi connectivity index (χ1n) is 5.50. The third kappa shape index (κ3) is 4.56. The molecule has 19 heavy (non-hydrogen) atoms. The second-order valence-corrected chi connectivity index (χ2v) is 3.43. The summed E-state index contributed by atoms with van der Waals surface area (Å²) in [6.07, 6.45) is 2.93. The number of methoxy groups -OCH3 is 1. The molecule has 0 bridgehead atoms. The van der Waals surface area contributed by atoms with Crippen molar-refractivity contribution in [2.45, 2.75) is 0 Å². The normalized spacial score (nSPS) is 10.2. The summed E-state index contributed by atoms with van der Waals surface area (Å²) in [6, 6.07) is 8.86. The van der Waals surface area contributed by atoms with Gasteiger partial charge in [-0.05, 0) is 12.1 Å². The lowest BCUT2D eigenvalue weighted by Gasteiger charge is -2.06. The maximum atomic E-state index is 11.2. The lowest BCUT2D eigenvalue weighted by Crippen LogP contribution is -2.05. The Morgan fingerprint density at radius 2 is 2.37 bits per heavy atom. The van der Waals surface area contributed by atoms with Crippen LogP contribution >= 0.6 is 0 Å². The fourth-order valence-electron chi connectivity index (χ4n) is 1.23. The molecule has 0 spiro atoms. The van der Waals surface area contributed by atoms with Crippen molar-refractivity contribution in [2.75, 3.05) is 19.0 Å². The van der Waals surface area contributed by atoms with Crippen molar-refractivity contribution in [1.29, 1.82) is 5.26 Å². The first kappa shape index (κ1) is 14.3. The van der Waals surface area contributed by atoms with E-state index in [0.29, 0.717) is 18.0 Å². The van der Waals surface area contributed by atoms with Crippen molar-refractivity contribution in [3.63, 3.8) is 0 Å². The predicted molar refractivity (Wildman–Crippen MR) is 71.5 cm³/mol. The molecule has 0 heterocycles. The molecule has 0 saturated heterocycles. The first-order valence-corrected chi connectivity index (χ1v) is 5.50. The highest BCUT2D eigenvalue weighted by Gasteiger charge is 2.07. The summed E-state index contributed by atoms with van der Waals surface area (Å²) < 4.78 is 9.83. The molecule has 5 nitrogen and oxygen atoms in total. The van der Waals surface area contributed by atoms with Gasteiger partial charge in [0.25, 0.3) is 0 Å². The zero-order valence-electron chi connectivity index (χ0n) is 10.6. The van der Waals surface area contributed by atoms with Crippen LogP contribution in [0.2, 0.25) is 0 Å². The average molecular weight is 258 g/mol. The molecule has 0 aliphatic rings. The average Bonchev–Trinajstić information content (AvgIpc) is 2.45. The van der Waals surface area contributed by atoms with E-state index < -0.39 is 5.97 Å². The van der Waals surface area contributed by atoms with Crippen LogP contribution in [0.5, 0.6) is 5.75 Å². The van der Waals surface area contributed by atoms with Crippen LogP contribution in [0.25, 0.3) is 0 Å². The van der Waals surface area contributed by atoms with E-state index in [4.69, 9.17) is 10.00 Å². The monoisotopic (exact) mass is 258 g/mol. The molecule has 1 aromatic carbocycles. The van der Waals surface area contributed by atoms with Gasteiger partial charge in [-0.25, -0.2) is 4.79 Å². The number of esters is 1. The molecule has 0 saturated carbocycles. The molecule has 0 aliphatic carbocycles. The number of nitriles is 1. The van der Waals surface area contributed by atoms with E-state index in [1.54, 1.807) is 36.4 Å². The Morgan fingerprint density at radius 1 is 1.58 bits per heavy atom. The SMILES string of the molecule is C=CCOc1cccc(N/C=C(/C#N)C(=O)OC)c1. The zero-order valence-corrected chi connectivity index (χ0v) is 10.6. The molecule has 1 N–H and O–H groups in total. The molecule has 0 aromatic heterocycles. The van der Waals surface area contributed by atoms with Crippen molar-refractivity contribution in [3.05, 3.63) is 48.7 Å². The van der Waals surface area contributed by atoms with Gasteiger partial charge in [0, 0.05) is 18.0 Å². The number of hydrogen-bond donors (Lipinski definition) is 1. The van der Waals surface area contributed by atoms with E-state index in [0.717, 1.165) is 0 Å². The van der Waals surface area contributed by atoms with Gasteiger partial charge in [-0.3, -0.25) is 0 Å². The van der Waals surface area contributed by atoms with E-state index in [9.17, 15) is 4.79 Å². The number of benzene rings is 1. The van der Waals surface area contributed by atoms with Crippen LogP contribution in [0, 0.1) is 11.3 Å². The molecule has 98 valence electrons. The van der Waals surface area contributed by atoms with Gasteiger partial charge in [-0.15, -0.1) is 0 Å².